The van der Waals surface area contributed by atoms with E-state index >= 15 is 0 Å². The molecule has 0 saturated carbocycles. The van der Waals surface area contributed by atoms with E-state index in [1.54, 1.807) is 4.90 Å². The van der Waals surface area contributed by atoms with Crippen LogP contribution in [0.2, 0.25) is 0 Å². The van der Waals surface area contributed by atoms with Crippen molar-refractivity contribution < 1.29 is 9.59 Å². The van der Waals surface area contributed by atoms with Crippen molar-refractivity contribution in [3.05, 3.63) is 35.9 Å². The van der Waals surface area contributed by atoms with Crippen molar-refractivity contribution in [2.45, 2.75) is 39.3 Å². The molecule has 2 rings (SSSR count). The quantitative estimate of drug-likeness (QED) is 0.914. The van der Waals surface area contributed by atoms with Crippen LogP contribution in [0.5, 0.6) is 0 Å². The lowest BCUT2D eigenvalue weighted by Crippen LogP contribution is -2.60. The Kier molecular flexibility index (Phi) is 4.42. The third-order valence-electron chi connectivity index (χ3n) is 3.58. The number of hydrogen-bond acceptors (Lipinski definition) is 2. The second-order valence-corrected chi connectivity index (χ2v) is 5.66. The van der Waals surface area contributed by atoms with E-state index in [9.17, 15) is 9.59 Å². The van der Waals surface area contributed by atoms with Crippen LogP contribution in [0.3, 0.4) is 0 Å². The number of benzene rings is 1. The maximum atomic E-state index is 12.7. The summed E-state index contributed by atoms with van der Waals surface area (Å²) in [6.45, 7) is 6.68. The molecule has 1 aliphatic rings. The third kappa shape index (κ3) is 2.84. The predicted octanol–water partition coefficient (Wildman–Crippen LogP) is 2.12. The standard InChI is InChI=1S/C16H22N2O2/c1-4-13-15(19)17-14(12-8-6-5-7-9-12)16(20)18(13)10-11(2)3/h5-9,11,13-14H,4,10H2,1-3H3,(H,17,19). The first kappa shape index (κ1) is 14.6. The summed E-state index contributed by atoms with van der Waals surface area (Å²) in [6, 6.07) is 8.53. The number of nitrogens with one attached hydrogen (secondary N) is 1. The maximum Gasteiger partial charge on any atom is 0.250 e. The molecule has 1 saturated heterocycles. The average molecular weight is 274 g/mol. The summed E-state index contributed by atoms with van der Waals surface area (Å²) < 4.78 is 0. The fourth-order valence-corrected chi connectivity index (χ4v) is 2.65. The van der Waals surface area contributed by atoms with Gasteiger partial charge in [0.15, 0.2) is 0 Å². The predicted molar refractivity (Wildman–Crippen MR) is 78.0 cm³/mol. The number of hydrogen-bond donors (Lipinski definition) is 1. The first-order valence-corrected chi connectivity index (χ1v) is 7.20. The van der Waals surface area contributed by atoms with Crippen molar-refractivity contribution >= 4 is 11.8 Å². The van der Waals surface area contributed by atoms with Crippen LogP contribution < -0.4 is 5.32 Å². The molecule has 4 heteroatoms. The minimum absolute atomic E-state index is 0.00338. The van der Waals surface area contributed by atoms with Gasteiger partial charge in [-0.05, 0) is 17.9 Å². The minimum atomic E-state index is -0.551. The lowest BCUT2D eigenvalue weighted by Gasteiger charge is -2.39. The van der Waals surface area contributed by atoms with Crippen LogP contribution in [-0.4, -0.2) is 29.3 Å². The van der Waals surface area contributed by atoms with Gasteiger partial charge in [0.2, 0.25) is 11.8 Å². The van der Waals surface area contributed by atoms with Crippen molar-refractivity contribution in [1.82, 2.24) is 10.2 Å². The van der Waals surface area contributed by atoms with Gasteiger partial charge in [0.05, 0.1) is 0 Å². The Labute approximate surface area is 120 Å². The largest absolute Gasteiger partial charge is 0.339 e. The van der Waals surface area contributed by atoms with Gasteiger partial charge < -0.3 is 10.2 Å². The topological polar surface area (TPSA) is 49.4 Å². The lowest BCUT2D eigenvalue weighted by molar-refractivity contribution is -0.150. The molecule has 1 aromatic carbocycles. The molecular formula is C16H22N2O2. The third-order valence-corrected chi connectivity index (χ3v) is 3.58. The molecule has 1 aromatic rings. The number of carbonyl (C=O) groups excluding carboxylic acids is 2. The summed E-state index contributed by atoms with van der Waals surface area (Å²) in [5, 5.41) is 2.86. The smallest absolute Gasteiger partial charge is 0.250 e. The maximum absolute atomic E-state index is 12.7. The molecular weight excluding hydrogens is 252 g/mol. The van der Waals surface area contributed by atoms with Crippen LogP contribution in [0, 0.1) is 5.92 Å². The van der Waals surface area contributed by atoms with Crippen molar-refractivity contribution in [2.24, 2.45) is 5.92 Å². The summed E-state index contributed by atoms with van der Waals surface area (Å²) in [7, 11) is 0. The molecule has 2 unspecified atom stereocenters. The summed E-state index contributed by atoms with van der Waals surface area (Å²) in [5.41, 5.74) is 0.842. The molecule has 2 atom stereocenters. The van der Waals surface area contributed by atoms with E-state index in [1.807, 2.05) is 37.3 Å². The Bertz CT molecular complexity index is 485. The first-order chi connectivity index (χ1) is 9.54. The molecule has 0 bridgehead atoms. The number of nitrogens with zero attached hydrogens (tertiary/aromatic N) is 1. The van der Waals surface area contributed by atoms with Crippen LogP contribution in [0.1, 0.15) is 38.8 Å². The normalized spacial score (nSPS) is 23.1. The Balaban J connectivity index is 2.29. The number of piperazine rings is 1. The summed E-state index contributed by atoms with van der Waals surface area (Å²) in [4.78, 5) is 26.7. The Morgan fingerprint density at radius 2 is 1.85 bits per heavy atom. The van der Waals surface area contributed by atoms with Crippen molar-refractivity contribution in [1.29, 1.82) is 0 Å². The minimum Gasteiger partial charge on any atom is -0.339 e. The zero-order chi connectivity index (χ0) is 14.7. The fourth-order valence-electron chi connectivity index (χ4n) is 2.65. The highest BCUT2D eigenvalue weighted by molar-refractivity contribution is 5.97. The van der Waals surface area contributed by atoms with E-state index in [0.717, 1.165) is 5.56 Å². The zero-order valence-electron chi connectivity index (χ0n) is 12.3. The van der Waals surface area contributed by atoms with E-state index in [0.29, 0.717) is 18.9 Å². The fraction of sp³-hybridized carbons (Fsp3) is 0.500. The molecule has 1 aliphatic heterocycles. The van der Waals surface area contributed by atoms with E-state index < -0.39 is 6.04 Å². The van der Waals surface area contributed by atoms with Crippen molar-refractivity contribution in [3.8, 4) is 0 Å². The zero-order valence-corrected chi connectivity index (χ0v) is 12.3. The SMILES string of the molecule is CCC1C(=O)NC(c2ccccc2)C(=O)N1CC(C)C. The van der Waals surface area contributed by atoms with Gasteiger partial charge in [0, 0.05) is 6.54 Å². The van der Waals surface area contributed by atoms with E-state index in [4.69, 9.17) is 0 Å². The van der Waals surface area contributed by atoms with Crippen LogP contribution >= 0.6 is 0 Å². The summed E-state index contributed by atoms with van der Waals surface area (Å²) in [5.74, 6) is 0.285. The van der Waals surface area contributed by atoms with Crippen LogP contribution in [-0.2, 0) is 9.59 Å². The van der Waals surface area contributed by atoms with Crippen LogP contribution in [0.4, 0.5) is 0 Å². The molecule has 0 aromatic heterocycles. The lowest BCUT2D eigenvalue weighted by atomic mass is 9.98. The summed E-state index contributed by atoms with van der Waals surface area (Å²) >= 11 is 0. The molecule has 0 aliphatic carbocycles. The number of rotatable bonds is 4. The van der Waals surface area contributed by atoms with Crippen molar-refractivity contribution in [2.75, 3.05) is 6.54 Å². The monoisotopic (exact) mass is 274 g/mol. The van der Waals surface area contributed by atoms with Crippen molar-refractivity contribution in [3.63, 3.8) is 0 Å². The number of carbonyl (C=O) groups is 2. The average Bonchev–Trinajstić information content (AvgIpc) is 2.43. The number of amides is 2. The first-order valence-electron chi connectivity index (χ1n) is 7.20. The molecule has 0 spiro atoms. The molecule has 1 N–H and O–H groups in total. The van der Waals surface area contributed by atoms with Gasteiger partial charge in [-0.25, -0.2) is 0 Å². The van der Waals surface area contributed by atoms with Crippen LogP contribution in [0.25, 0.3) is 0 Å². The van der Waals surface area contributed by atoms with Crippen LogP contribution in [0.15, 0.2) is 30.3 Å². The van der Waals surface area contributed by atoms with E-state index in [-0.39, 0.29) is 17.9 Å². The van der Waals surface area contributed by atoms with Gasteiger partial charge in [0.1, 0.15) is 12.1 Å². The summed E-state index contributed by atoms with van der Waals surface area (Å²) in [6.07, 6.45) is 0.645. The molecule has 2 amide bonds. The molecule has 20 heavy (non-hydrogen) atoms. The molecule has 1 fully saturated rings. The Hall–Kier alpha value is -1.84. The molecule has 0 radical (unpaired) electrons. The second kappa shape index (κ2) is 6.07. The van der Waals surface area contributed by atoms with Gasteiger partial charge in [-0.3, -0.25) is 9.59 Å². The highest BCUT2D eigenvalue weighted by atomic mass is 16.2. The highest BCUT2D eigenvalue weighted by Crippen LogP contribution is 2.24. The highest BCUT2D eigenvalue weighted by Gasteiger charge is 2.40. The Morgan fingerprint density at radius 1 is 1.20 bits per heavy atom. The van der Waals surface area contributed by atoms with Gasteiger partial charge in [-0.15, -0.1) is 0 Å². The molecule has 108 valence electrons. The van der Waals surface area contributed by atoms with E-state index in [2.05, 4.69) is 19.2 Å². The molecule has 1 heterocycles. The van der Waals surface area contributed by atoms with Gasteiger partial charge >= 0.3 is 0 Å². The van der Waals surface area contributed by atoms with Gasteiger partial charge in [-0.1, -0.05) is 51.1 Å². The molecule has 4 nitrogen and oxygen atoms in total. The van der Waals surface area contributed by atoms with Gasteiger partial charge in [0.25, 0.3) is 0 Å². The van der Waals surface area contributed by atoms with E-state index in [1.165, 1.54) is 0 Å². The Morgan fingerprint density at radius 3 is 2.40 bits per heavy atom. The second-order valence-electron chi connectivity index (χ2n) is 5.66. The van der Waals surface area contributed by atoms with Gasteiger partial charge in [-0.2, -0.15) is 0 Å².